The van der Waals surface area contributed by atoms with Gasteiger partial charge >= 0.3 is 0 Å². The van der Waals surface area contributed by atoms with Crippen LogP contribution < -0.4 is 10.1 Å². The average Bonchev–Trinajstić information content (AvgIpc) is 2.77. The summed E-state index contributed by atoms with van der Waals surface area (Å²) in [7, 11) is 0. The van der Waals surface area contributed by atoms with Crippen molar-refractivity contribution in [3.05, 3.63) is 65.2 Å². The fraction of sp³-hybridized carbons (Fsp3) is 0.500. The van der Waals surface area contributed by atoms with Gasteiger partial charge in [-0.2, -0.15) is 0 Å². The normalized spacial score (nSPS) is 12.2. The Morgan fingerprint density at radius 3 is 2.42 bits per heavy atom. The predicted molar refractivity (Wildman–Crippen MR) is 134 cm³/mol. The van der Waals surface area contributed by atoms with Crippen molar-refractivity contribution in [3.63, 3.8) is 0 Å². The van der Waals surface area contributed by atoms with Gasteiger partial charge in [-0.1, -0.05) is 89.1 Å². The van der Waals surface area contributed by atoms with E-state index < -0.39 is 6.04 Å². The van der Waals surface area contributed by atoms with E-state index in [4.69, 9.17) is 4.74 Å². The molecule has 180 valence electrons. The third-order valence-electron chi connectivity index (χ3n) is 5.70. The van der Waals surface area contributed by atoms with Crippen molar-refractivity contribution in [1.82, 2.24) is 10.2 Å². The number of carbonyl (C=O) groups is 2. The van der Waals surface area contributed by atoms with Crippen LogP contribution in [-0.4, -0.2) is 35.9 Å². The minimum Gasteiger partial charge on any atom is -0.483 e. The van der Waals surface area contributed by atoms with Gasteiger partial charge in [0.15, 0.2) is 6.61 Å². The number of aryl methyl sites for hydroxylation is 1. The molecule has 0 aliphatic carbocycles. The Morgan fingerprint density at radius 2 is 1.79 bits per heavy atom. The minimum absolute atomic E-state index is 0.105. The molecule has 0 radical (unpaired) electrons. The number of carbonyl (C=O) groups excluding carboxylic acids is 2. The molecule has 0 aromatic heterocycles. The number of hydrogen-bond acceptors (Lipinski definition) is 3. The highest BCUT2D eigenvalue weighted by atomic mass is 16.5. The molecule has 0 aliphatic heterocycles. The quantitative estimate of drug-likeness (QED) is 0.465. The third kappa shape index (κ3) is 7.92. The van der Waals surface area contributed by atoms with E-state index >= 15 is 0 Å². The maximum Gasteiger partial charge on any atom is 0.261 e. The van der Waals surface area contributed by atoms with Crippen molar-refractivity contribution < 1.29 is 14.3 Å². The number of para-hydroxylation sites is 1. The highest BCUT2D eigenvalue weighted by Crippen LogP contribution is 2.31. The molecule has 33 heavy (non-hydrogen) atoms. The van der Waals surface area contributed by atoms with Crippen LogP contribution in [0, 0.1) is 6.92 Å². The highest BCUT2D eigenvalue weighted by molar-refractivity contribution is 5.88. The second-order valence-electron chi connectivity index (χ2n) is 9.61. The Hall–Kier alpha value is -2.82. The molecule has 0 saturated heterocycles. The number of amides is 2. The molecular formula is C28H40N2O3. The fourth-order valence-corrected chi connectivity index (χ4v) is 3.87. The van der Waals surface area contributed by atoms with Crippen LogP contribution in [0.25, 0.3) is 0 Å². The molecular weight excluding hydrogens is 412 g/mol. The lowest BCUT2D eigenvalue weighted by Gasteiger charge is -2.31. The number of ether oxygens (including phenoxy) is 1. The first kappa shape index (κ1) is 26.4. The van der Waals surface area contributed by atoms with Crippen LogP contribution in [0.4, 0.5) is 0 Å². The molecule has 1 unspecified atom stereocenters. The number of nitrogens with one attached hydrogen (secondary N) is 1. The summed E-state index contributed by atoms with van der Waals surface area (Å²) in [6.45, 7) is 13.3. The Bertz CT molecular complexity index is 917. The maximum atomic E-state index is 13.4. The minimum atomic E-state index is -0.545. The van der Waals surface area contributed by atoms with Crippen LogP contribution in [0.5, 0.6) is 5.75 Å². The topological polar surface area (TPSA) is 58.6 Å². The zero-order valence-electron chi connectivity index (χ0n) is 21.1. The van der Waals surface area contributed by atoms with Crippen molar-refractivity contribution in [2.24, 2.45) is 0 Å². The first-order valence-electron chi connectivity index (χ1n) is 12.0. The molecule has 2 amide bonds. The van der Waals surface area contributed by atoms with E-state index in [0.29, 0.717) is 25.3 Å². The molecule has 2 aromatic rings. The van der Waals surface area contributed by atoms with Crippen molar-refractivity contribution >= 4 is 11.8 Å². The van der Waals surface area contributed by atoms with Crippen LogP contribution in [0.1, 0.15) is 70.6 Å². The van der Waals surface area contributed by atoms with Gasteiger partial charge in [-0.3, -0.25) is 9.59 Å². The fourth-order valence-electron chi connectivity index (χ4n) is 3.87. The van der Waals surface area contributed by atoms with E-state index in [1.54, 1.807) is 4.90 Å². The third-order valence-corrected chi connectivity index (χ3v) is 5.70. The summed E-state index contributed by atoms with van der Waals surface area (Å²) in [5.41, 5.74) is 3.06. The second-order valence-corrected chi connectivity index (χ2v) is 9.61. The molecule has 2 aromatic carbocycles. The summed E-state index contributed by atoms with van der Waals surface area (Å²) in [4.78, 5) is 28.1. The molecule has 1 atom stereocenters. The van der Waals surface area contributed by atoms with Crippen molar-refractivity contribution in [2.45, 2.75) is 78.8 Å². The number of hydrogen-bond donors (Lipinski definition) is 1. The molecule has 0 spiro atoms. The number of benzene rings is 2. The van der Waals surface area contributed by atoms with E-state index in [9.17, 15) is 9.59 Å². The largest absolute Gasteiger partial charge is 0.483 e. The SMILES string of the molecule is CCCCNC(=O)C(CC)N(Cc1cccc(C)c1)C(=O)COc1ccccc1C(C)(C)C. The molecule has 2 rings (SSSR count). The smallest absolute Gasteiger partial charge is 0.261 e. The molecule has 0 saturated carbocycles. The lowest BCUT2D eigenvalue weighted by atomic mass is 9.86. The Labute approximate surface area is 199 Å². The van der Waals surface area contributed by atoms with Crippen LogP contribution in [0.2, 0.25) is 0 Å². The number of nitrogens with zero attached hydrogens (tertiary/aromatic N) is 1. The van der Waals surface area contributed by atoms with Crippen LogP contribution in [-0.2, 0) is 21.5 Å². The maximum absolute atomic E-state index is 13.4. The highest BCUT2D eigenvalue weighted by Gasteiger charge is 2.29. The van der Waals surface area contributed by atoms with Gasteiger partial charge in [0.25, 0.3) is 5.91 Å². The monoisotopic (exact) mass is 452 g/mol. The van der Waals surface area contributed by atoms with E-state index in [-0.39, 0.29) is 23.8 Å². The van der Waals surface area contributed by atoms with Gasteiger partial charge in [-0.05, 0) is 42.4 Å². The lowest BCUT2D eigenvalue weighted by molar-refractivity contribution is -0.143. The molecule has 5 heteroatoms. The summed E-state index contributed by atoms with van der Waals surface area (Å²) in [5, 5.41) is 3.00. The molecule has 5 nitrogen and oxygen atoms in total. The summed E-state index contributed by atoms with van der Waals surface area (Å²) < 4.78 is 6.02. The van der Waals surface area contributed by atoms with Crippen LogP contribution >= 0.6 is 0 Å². The standard InChI is InChI=1S/C28H40N2O3/c1-7-9-17-29-27(32)24(8-2)30(19-22-14-12-13-21(3)18-22)26(31)20-33-25-16-11-10-15-23(25)28(4,5)6/h10-16,18,24H,7-9,17,19-20H2,1-6H3,(H,29,32). The molecule has 0 heterocycles. The van der Waals surface area contributed by atoms with E-state index in [1.165, 1.54) is 0 Å². The number of unbranched alkanes of at least 4 members (excludes halogenated alkanes) is 1. The van der Waals surface area contributed by atoms with E-state index in [2.05, 4.69) is 39.1 Å². The van der Waals surface area contributed by atoms with Gasteiger partial charge in [0.2, 0.25) is 5.91 Å². The summed E-state index contributed by atoms with van der Waals surface area (Å²) >= 11 is 0. The molecule has 0 fully saturated rings. The van der Waals surface area contributed by atoms with Crippen molar-refractivity contribution in [2.75, 3.05) is 13.2 Å². The zero-order valence-corrected chi connectivity index (χ0v) is 21.1. The van der Waals surface area contributed by atoms with Gasteiger partial charge in [-0.15, -0.1) is 0 Å². The van der Waals surface area contributed by atoms with Crippen LogP contribution in [0.15, 0.2) is 48.5 Å². The van der Waals surface area contributed by atoms with Gasteiger partial charge in [0.1, 0.15) is 11.8 Å². The van der Waals surface area contributed by atoms with Gasteiger partial charge in [0, 0.05) is 13.1 Å². The Morgan fingerprint density at radius 1 is 1.06 bits per heavy atom. The van der Waals surface area contributed by atoms with Crippen molar-refractivity contribution in [3.8, 4) is 5.75 Å². The van der Waals surface area contributed by atoms with E-state index in [0.717, 1.165) is 29.5 Å². The van der Waals surface area contributed by atoms with Gasteiger partial charge < -0.3 is 15.0 Å². The summed E-state index contributed by atoms with van der Waals surface area (Å²) in [6.07, 6.45) is 2.46. The predicted octanol–water partition coefficient (Wildman–Crippen LogP) is 5.40. The lowest BCUT2D eigenvalue weighted by Crippen LogP contribution is -2.50. The Kier molecular flexibility index (Phi) is 9.95. The van der Waals surface area contributed by atoms with Crippen LogP contribution in [0.3, 0.4) is 0 Å². The Balaban J connectivity index is 2.25. The summed E-state index contributed by atoms with van der Waals surface area (Å²) in [5.74, 6) is 0.397. The summed E-state index contributed by atoms with van der Waals surface area (Å²) in [6, 6.07) is 15.3. The first-order chi connectivity index (χ1) is 15.7. The zero-order chi connectivity index (χ0) is 24.4. The average molecular weight is 453 g/mol. The van der Waals surface area contributed by atoms with Gasteiger partial charge in [-0.25, -0.2) is 0 Å². The van der Waals surface area contributed by atoms with E-state index in [1.807, 2.05) is 56.3 Å². The van der Waals surface area contributed by atoms with Gasteiger partial charge in [0.05, 0.1) is 0 Å². The second kappa shape index (κ2) is 12.4. The molecule has 0 aliphatic rings. The molecule has 0 bridgehead atoms. The number of rotatable bonds is 11. The molecule has 1 N–H and O–H groups in total. The first-order valence-corrected chi connectivity index (χ1v) is 12.0. The van der Waals surface area contributed by atoms with Crippen molar-refractivity contribution in [1.29, 1.82) is 0 Å².